The Morgan fingerprint density at radius 3 is 2.54 bits per heavy atom. The van der Waals surface area contributed by atoms with Crippen LogP contribution in [0.4, 0.5) is 0 Å². The molecule has 2 nitrogen and oxygen atoms in total. The molecule has 0 aliphatic carbocycles. The summed E-state index contributed by atoms with van der Waals surface area (Å²) in [6.45, 7) is 3.80. The predicted octanol–water partition coefficient (Wildman–Crippen LogP) is 2.69. The number of alkyl halides is 1. The molecule has 13 heavy (non-hydrogen) atoms. The number of halogens is 1. The quantitative estimate of drug-likeness (QED) is 0.607. The fourth-order valence-corrected chi connectivity index (χ4v) is 1.89. The first-order chi connectivity index (χ1) is 6.02. The maximum Gasteiger partial charge on any atom is 0.0367 e. The molecule has 0 spiro atoms. The van der Waals surface area contributed by atoms with E-state index in [-0.39, 0.29) is 4.83 Å². The van der Waals surface area contributed by atoms with Gasteiger partial charge >= 0.3 is 0 Å². The molecule has 0 saturated carbocycles. The molecule has 1 aromatic rings. The van der Waals surface area contributed by atoms with Gasteiger partial charge in [-0.3, -0.25) is 4.21 Å². The van der Waals surface area contributed by atoms with E-state index in [0.717, 1.165) is 11.1 Å². The summed E-state index contributed by atoms with van der Waals surface area (Å²) in [6.07, 6.45) is 0. The molecule has 0 amide bonds. The molecule has 1 rings (SSSR count). The summed E-state index contributed by atoms with van der Waals surface area (Å²) in [5, 5.41) is 0. The van der Waals surface area contributed by atoms with Crippen LogP contribution in [0.3, 0.4) is 0 Å². The van der Waals surface area contributed by atoms with Gasteiger partial charge in [0.15, 0.2) is 0 Å². The summed E-state index contributed by atoms with van der Waals surface area (Å²) in [5.41, 5.74) is 1.88. The Balaban J connectivity index is 3.13. The molecular weight excluding hydrogens is 252 g/mol. The van der Waals surface area contributed by atoms with Crippen molar-refractivity contribution in [3.05, 3.63) is 29.3 Å². The first kappa shape index (κ1) is 10.9. The van der Waals surface area contributed by atoms with E-state index in [1.165, 1.54) is 0 Å². The summed E-state index contributed by atoms with van der Waals surface area (Å²) in [5.74, 6) is 0. The second-order valence-electron chi connectivity index (χ2n) is 2.88. The maximum absolute atomic E-state index is 10.7. The standard InChI is InChI=1S/C9H11BrO2S/c1-6-5-8(7(2)10)3-4-9(6)13(11)12/h3-5,7H,1-2H3,(H,11,12)/p-1. The fraction of sp³-hybridized carbons (Fsp3) is 0.333. The molecule has 72 valence electrons. The second kappa shape index (κ2) is 4.35. The Labute approximate surface area is 88.8 Å². The lowest BCUT2D eigenvalue weighted by molar-refractivity contribution is 0.536. The smallest absolute Gasteiger partial charge is 0.0367 e. The van der Waals surface area contributed by atoms with E-state index in [2.05, 4.69) is 15.9 Å². The van der Waals surface area contributed by atoms with E-state index >= 15 is 0 Å². The first-order valence-corrected chi connectivity index (χ1v) is 5.85. The normalized spacial score (nSPS) is 15.4. The Hall–Kier alpha value is -0.190. The third-order valence-corrected chi connectivity index (χ3v) is 3.18. The summed E-state index contributed by atoms with van der Waals surface area (Å²) in [4.78, 5) is 0.622. The highest BCUT2D eigenvalue weighted by atomic mass is 79.9. The second-order valence-corrected chi connectivity index (χ2v) is 5.16. The molecule has 0 aromatic heterocycles. The number of aryl methyl sites for hydroxylation is 1. The molecule has 2 atom stereocenters. The van der Waals surface area contributed by atoms with Crippen LogP contribution in [0.25, 0.3) is 0 Å². The van der Waals surface area contributed by atoms with E-state index in [4.69, 9.17) is 0 Å². The number of hydrogen-bond acceptors (Lipinski definition) is 2. The lowest BCUT2D eigenvalue weighted by atomic mass is 10.1. The Morgan fingerprint density at radius 1 is 1.54 bits per heavy atom. The molecular formula is C9H10BrO2S-. The molecule has 1 aromatic carbocycles. The van der Waals surface area contributed by atoms with Crippen molar-refractivity contribution in [1.29, 1.82) is 0 Å². The number of benzene rings is 1. The lowest BCUT2D eigenvalue weighted by Crippen LogP contribution is -1.94. The van der Waals surface area contributed by atoms with Crippen LogP contribution in [0.5, 0.6) is 0 Å². The van der Waals surface area contributed by atoms with Crippen LogP contribution in [-0.2, 0) is 11.1 Å². The Bertz CT molecular complexity index is 336. The summed E-state index contributed by atoms with van der Waals surface area (Å²) in [7, 11) is 0. The third kappa shape index (κ3) is 2.62. The summed E-state index contributed by atoms with van der Waals surface area (Å²) in [6, 6.07) is 5.33. The average molecular weight is 262 g/mol. The van der Waals surface area contributed by atoms with Crippen LogP contribution in [0.15, 0.2) is 23.1 Å². The van der Waals surface area contributed by atoms with Crippen LogP contribution in [-0.4, -0.2) is 8.76 Å². The van der Waals surface area contributed by atoms with Crippen molar-refractivity contribution < 1.29 is 8.76 Å². The minimum Gasteiger partial charge on any atom is -0.768 e. The number of hydrogen-bond donors (Lipinski definition) is 0. The largest absolute Gasteiger partial charge is 0.768 e. The van der Waals surface area contributed by atoms with Gasteiger partial charge in [0, 0.05) is 9.72 Å². The van der Waals surface area contributed by atoms with Crippen molar-refractivity contribution in [3.63, 3.8) is 0 Å². The van der Waals surface area contributed by atoms with Gasteiger partial charge in [0.1, 0.15) is 0 Å². The van der Waals surface area contributed by atoms with Gasteiger partial charge in [-0.05, 0) is 42.1 Å². The van der Waals surface area contributed by atoms with Gasteiger partial charge in [0.05, 0.1) is 0 Å². The van der Waals surface area contributed by atoms with Crippen molar-refractivity contribution in [2.24, 2.45) is 0 Å². The van der Waals surface area contributed by atoms with Gasteiger partial charge in [-0.25, -0.2) is 0 Å². The molecule has 0 bridgehead atoms. The van der Waals surface area contributed by atoms with E-state index < -0.39 is 11.1 Å². The molecule has 0 fully saturated rings. The topological polar surface area (TPSA) is 40.1 Å². The van der Waals surface area contributed by atoms with Crippen molar-refractivity contribution in [3.8, 4) is 0 Å². The van der Waals surface area contributed by atoms with Crippen LogP contribution in [0.2, 0.25) is 0 Å². The molecule has 2 unspecified atom stereocenters. The minimum atomic E-state index is -2.13. The van der Waals surface area contributed by atoms with Crippen LogP contribution >= 0.6 is 15.9 Å². The van der Waals surface area contributed by atoms with E-state index in [9.17, 15) is 8.76 Å². The van der Waals surface area contributed by atoms with Crippen molar-refractivity contribution >= 4 is 27.0 Å². The highest BCUT2D eigenvalue weighted by Crippen LogP contribution is 2.24. The Kier molecular flexibility index (Phi) is 3.64. The highest BCUT2D eigenvalue weighted by molar-refractivity contribution is 9.09. The maximum atomic E-state index is 10.7. The predicted molar refractivity (Wildman–Crippen MR) is 55.7 cm³/mol. The molecule has 0 aliphatic rings. The number of rotatable bonds is 2. The van der Waals surface area contributed by atoms with Crippen molar-refractivity contribution in [2.75, 3.05) is 0 Å². The highest BCUT2D eigenvalue weighted by Gasteiger charge is 2.03. The van der Waals surface area contributed by atoms with E-state index in [0.29, 0.717) is 4.90 Å². The first-order valence-electron chi connectivity index (χ1n) is 3.86. The molecule has 0 saturated heterocycles. The molecule has 4 heteroatoms. The van der Waals surface area contributed by atoms with Gasteiger partial charge in [-0.15, -0.1) is 0 Å². The van der Waals surface area contributed by atoms with Gasteiger partial charge in [0.2, 0.25) is 0 Å². The fourth-order valence-electron chi connectivity index (χ4n) is 1.11. The van der Waals surface area contributed by atoms with Gasteiger partial charge in [0.25, 0.3) is 0 Å². The zero-order chi connectivity index (χ0) is 10.0. The average Bonchev–Trinajstić information content (AvgIpc) is 2.03. The zero-order valence-corrected chi connectivity index (χ0v) is 9.81. The van der Waals surface area contributed by atoms with E-state index in [1.54, 1.807) is 13.0 Å². The van der Waals surface area contributed by atoms with Gasteiger partial charge in [-0.2, -0.15) is 0 Å². The monoisotopic (exact) mass is 261 g/mol. The Morgan fingerprint density at radius 2 is 2.15 bits per heavy atom. The zero-order valence-electron chi connectivity index (χ0n) is 7.41. The van der Waals surface area contributed by atoms with Crippen molar-refractivity contribution in [2.45, 2.75) is 23.6 Å². The van der Waals surface area contributed by atoms with Gasteiger partial charge < -0.3 is 4.55 Å². The summed E-state index contributed by atoms with van der Waals surface area (Å²) >= 11 is 1.30. The molecule has 0 aliphatic heterocycles. The van der Waals surface area contributed by atoms with Crippen molar-refractivity contribution in [1.82, 2.24) is 0 Å². The molecule has 0 heterocycles. The van der Waals surface area contributed by atoms with Crippen LogP contribution < -0.4 is 0 Å². The molecule has 0 N–H and O–H groups in total. The SMILES string of the molecule is Cc1cc(C(C)Br)ccc1S(=O)[O-]. The summed E-state index contributed by atoms with van der Waals surface area (Å²) < 4.78 is 21.4. The molecule has 0 radical (unpaired) electrons. The minimum absolute atomic E-state index is 0.250. The van der Waals surface area contributed by atoms with Gasteiger partial charge in [-0.1, -0.05) is 28.1 Å². The van der Waals surface area contributed by atoms with E-state index in [1.807, 2.05) is 19.1 Å². The van der Waals surface area contributed by atoms with Crippen LogP contribution in [0.1, 0.15) is 22.9 Å². The lowest BCUT2D eigenvalue weighted by Gasteiger charge is -2.11. The third-order valence-electron chi connectivity index (χ3n) is 1.84. The van der Waals surface area contributed by atoms with Crippen LogP contribution in [0, 0.1) is 6.92 Å².